The van der Waals surface area contributed by atoms with Crippen LogP contribution in [-0.4, -0.2) is 47.9 Å². The third-order valence-corrected chi connectivity index (χ3v) is 5.52. The van der Waals surface area contributed by atoms with Crippen molar-refractivity contribution >= 4 is 17.2 Å². The average Bonchev–Trinajstić information content (AvgIpc) is 3.34. The number of rotatable bonds is 4. The van der Waals surface area contributed by atoms with Crippen LogP contribution in [0.2, 0.25) is 0 Å². The van der Waals surface area contributed by atoms with Crippen LogP contribution in [0.5, 0.6) is 0 Å². The number of hydrogen-bond donors (Lipinski definition) is 2. The molecule has 3 aromatic rings. The van der Waals surface area contributed by atoms with E-state index >= 15 is 0 Å². The highest BCUT2D eigenvalue weighted by atomic mass is 32.1. The molecule has 3 heterocycles. The molecule has 0 saturated heterocycles. The predicted octanol–water partition coefficient (Wildman–Crippen LogP) is 1.85. The Bertz CT molecular complexity index is 911. The van der Waals surface area contributed by atoms with Gasteiger partial charge in [0.25, 0.3) is 5.91 Å². The maximum atomic E-state index is 12.3. The van der Waals surface area contributed by atoms with Gasteiger partial charge in [-0.25, -0.2) is 14.6 Å². The Morgan fingerprint density at radius 1 is 1.37 bits per heavy atom. The highest BCUT2D eigenvalue weighted by Crippen LogP contribution is 2.33. The molecule has 0 aliphatic heterocycles. The number of aryl methyl sites for hydroxylation is 1. The zero-order valence-electron chi connectivity index (χ0n) is 14.8. The smallest absolute Gasteiger partial charge is 0.280 e. The van der Waals surface area contributed by atoms with Crippen LogP contribution in [0.4, 0.5) is 0 Å². The first-order chi connectivity index (χ1) is 13.1. The fourth-order valence-corrected chi connectivity index (χ4v) is 4.01. The minimum absolute atomic E-state index is 0.0800. The molecule has 3 aromatic heterocycles. The first kappa shape index (κ1) is 17.7. The van der Waals surface area contributed by atoms with E-state index in [1.54, 1.807) is 24.0 Å². The molecular formula is C18H20N6O2S. The fraction of sp³-hybridized carbons (Fsp3) is 0.389. The molecule has 0 radical (unpaired) electrons. The van der Waals surface area contributed by atoms with E-state index in [9.17, 15) is 9.90 Å². The summed E-state index contributed by atoms with van der Waals surface area (Å²) in [5, 5.41) is 20.0. The van der Waals surface area contributed by atoms with E-state index in [0.717, 1.165) is 17.9 Å². The Labute approximate surface area is 160 Å². The van der Waals surface area contributed by atoms with Crippen molar-refractivity contribution in [3.63, 3.8) is 0 Å². The number of pyridine rings is 1. The lowest BCUT2D eigenvalue weighted by molar-refractivity contribution is 0.0670. The molecule has 1 amide bonds. The van der Waals surface area contributed by atoms with Gasteiger partial charge in [-0.2, -0.15) is 5.10 Å². The lowest BCUT2D eigenvalue weighted by atomic mass is 9.83. The average molecular weight is 384 g/mol. The highest BCUT2D eigenvalue weighted by Gasteiger charge is 2.34. The molecule has 9 heteroatoms. The van der Waals surface area contributed by atoms with Crippen LogP contribution in [0.15, 0.2) is 36.1 Å². The number of amides is 1. The summed E-state index contributed by atoms with van der Waals surface area (Å²) in [6.07, 6.45) is 6.44. The zero-order valence-corrected chi connectivity index (χ0v) is 15.6. The van der Waals surface area contributed by atoms with Crippen molar-refractivity contribution in [3.8, 4) is 5.69 Å². The van der Waals surface area contributed by atoms with Gasteiger partial charge in [-0.3, -0.25) is 9.78 Å². The Kier molecular flexibility index (Phi) is 4.95. The molecule has 1 aliphatic rings. The summed E-state index contributed by atoms with van der Waals surface area (Å²) >= 11 is 1.28. The number of nitrogens with zero attached hydrogens (tertiary/aromatic N) is 5. The number of aromatic nitrogens is 5. The third kappa shape index (κ3) is 3.74. The van der Waals surface area contributed by atoms with Crippen molar-refractivity contribution in [1.82, 2.24) is 30.0 Å². The number of carbonyl (C=O) groups is 1. The second-order valence-electron chi connectivity index (χ2n) is 6.63. The van der Waals surface area contributed by atoms with Gasteiger partial charge in [0.2, 0.25) is 0 Å². The minimum atomic E-state index is -0.582. The van der Waals surface area contributed by atoms with Crippen LogP contribution in [-0.2, 0) is 0 Å². The second-order valence-corrected chi connectivity index (χ2v) is 7.53. The summed E-state index contributed by atoms with van der Waals surface area (Å²) in [6.45, 7) is 1.86. The second kappa shape index (κ2) is 7.53. The molecule has 0 unspecified atom stereocenters. The van der Waals surface area contributed by atoms with Crippen molar-refractivity contribution in [2.45, 2.75) is 44.2 Å². The van der Waals surface area contributed by atoms with Crippen LogP contribution < -0.4 is 5.32 Å². The van der Waals surface area contributed by atoms with E-state index in [4.69, 9.17) is 0 Å². The predicted molar refractivity (Wildman–Crippen MR) is 99.9 cm³/mol. The van der Waals surface area contributed by atoms with Crippen LogP contribution in [0, 0.1) is 6.92 Å². The summed E-state index contributed by atoms with van der Waals surface area (Å²) < 4.78 is 1.81. The quantitative estimate of drug-likeness (QED) is 0.711. The number of aliphatic hydroxyl groups is 1. The van der Waals surface area contributed by atoms with E-state index in [0.29, 0.717) is 23.7 Å². The molecule has 8 nitrogen and oxygen atoms in total. The van der Waals surface area contributed by atoms with Gasteiger partial charge < -0.3 is 10.4 Å². The van der Waals surface area contributed by atoms with E-state index in [1.807, 2.05) is 23.7 Å². The molecule has 140 valence electrons. The molecule has 27 heavy (non-hydrogen) atoms. The summed E-state index contributed by atoms with van der Waals surface area (Å²) in [6, 6.07) is 3.45. The molecule has 1 saturated carbocycles. The largest absolute Gasteiger partial charge is 0.391 e. The van der Waals surface area contributed by atoms with Gasteiger partial charge in [-0.05, 0) is 38.3 Å². The fourth-order valence-electron chi connectivity index (χ4n) is 3.47. The lowest BCUT2D eigenvalue weighted by Gasteiger charge is -2.33. The third-order valence-electron chi connectivity index (χ3n) is 4.75. The summed E-state index contributed by atoms with van der Waals surface area (Å²) in [4.78, 5) is 25.2. The first-order valence-electron chi connectivity index (χ1n) is 8.84. The molecule has 0 aromatic carbocycles. The van der Waals surface area contributed by atoms with Crippen molar-refractivity contribution in [2.75, 3.05) is 0 Å². The molecule has 1 aliphatic carbocycles. The molecular weight excluding hydrogens is 364 g/mol. The number of aliphatic hydroxyl groups excluding tert-OH is 1. The molecule has 4 rings (SSSR count). The van der Waals surface area contributed by atoms with E-state index < -0.39 is 6.10 Å². The van der Waals surface area contributed by atoms with Gasteiger partial charge in [-0.15, -0.1) is 11.3 Å². The van der Waals surface area contributed by atoms with Gasteiger partial charge in [-0.1, -0.05) is 0 Å². The maximum Gasteiger partial charge on any atom is 0.280 e. The Morgan fingerprint density at radius 3 is 3.00 bits per heavy atom. The first-order valence-corrected chi connectivity index (χ1v) is 9.72. The lowest BCUT2D eigenvalue weighted by Crippen LogP contribution is -2.46. The molecule has 0 spiro atoms. The van der Waals surface area contributed by atoms with Crippen LogP contribution in [0.25, 0.3) is 5.69 Å². The molecule has 3 atom stereocenters. The Balaban J connectivity index is 1.56. The van der Waals surface area contributed by atoms with E-state index in [1.165, 1.54) is 11.3 Å². The van der Waals surface area contributed by atoms with Crippen molar-refractivity contribution < 1.29 is 9.90 Å². The van der Waals surface area contributed by atoms with Gasteiger partial charge in [0.1, 0.15) is 11.6 Å². The number of nitrogens with one attached hydrogen (secondary N) is 1. The minimum Gasteiger partial charge on any atom is -0.391 e. The Hall–Kier alpha value is -2.65. The summed E-state index contributed by atoms with van der Waals surface area (Å²) in [7, 11) is 0. The standard InChI is InChI=1S/C18H20N6O2S/c1-11-21-16(24(23-11)13-3-2-6-19-10-13)12-4-5-15(25)14(9-12)22-17(26)18-20-7-8-27-18/h2-3,6-8,10,12,14-15,25H,4-5,9H2,1H3,(H,22,26)/t12-,14+,15+/m0/s1. The van der Waals surface area contributed by atoms with Gasteiger partial charge in [0.05, 0.1) is 24.0 Å². The summed E-state index contributed by atoms with van der Waals surface area (Å²) in [5.41, 5.74) is 0.850. The van der Waals surface area contributed by atoms with E-state index in [2.05, 4.69) is 25.4 Å². The van der Waals surface area contributed by atoms with E-state index in [-0.39, 0.29) is 17.9 Å². The van der Waals surface area contributed by atoms with Gasteiger partial charge in [0, 0.05) is 23.7 Å². The van der Waals surface area contributed by atoms with Crippen molar-refractivity contribution in [2.24, 2.45) is 0 Å². The number of carbonyl (C=O) groups excluding carboxylic acids is 1. The SMILES string of the molecule is Cc1nc([C@H]2CC[C@@H](O)[C@H](NC(=O)c3nccs3)C2)n(-c2cccnc2)n1. The van der Waals surface area contributed by atoms with Crippen molar-refractivity contribution in [1.29, 1.82) is 0 Å². The van der Waals surface area contributed by atoms with Crippen molar-refractivity contribution in [3.05, 3.63) is 52.8 Å². The summed E-state index contributed by atoms with van der Waals surface area (Å²) in [5.74, 6) is 1.35. The molecule has 2 N–H and O–H groups in total. The van der Waals surface area contributed by atoms with Crippen LogP contribution in [0.1, 0.15) is 46.6 Å². The molecule has 1 fully saturated rings. The highest BCUT2D eigenvalue weighted by molar-refractivity contribution is 7.11. The number of thiazole rings is 1. The Morgan fingerprint density at radius 2 is 2.26 bits per heavy atom. The topological polar surface area (TPSA) is 106 Å². The monoisotopic (exact) mass is 384 g/mol. The number of hydrogen-bond acceptors (Lipinski definition) is 7. The molecule has 0 bridgehead atoms. The normalized spacial score (nSPS) is 22.5. The van der Waals surface area contributed by atoms with Gasteiger partial charge in [0.15, 0.2) is 5.01 Å². The van der Waals surface area contributed by atoms with Crippen LogP contribution >= 0.6 is 11.3 Å². The maximum absolute atomic E-state index is 12.3. The van der Waals surface area contributed by atoms with Gasteiger partial charge >= 0.3 is 0 Å². The zero-order chi connectivity index (χ0) is 18.8. The van der Waals surface area contributed by atoms with Crippen LogP contribution in [0.3, 0.4) is 0 Å².